The molecule has 8 heteroatoms. The smallest absolute Gasteiger partial charge is 0.286 e. The van der Waals surface area contributed by atoms with Crippen LogP contribution in [0.1, 0.15) is 5.56 Å². The van der Waals surface area contributed by atoms with Gasteiger partial charge in [0.05, 0.1) is 23.5 Å². The van der Waals surface area contributed by atoms with Gasteiger partial charge < -0.3 is 4.74 Å². The molecule has 1 aliphatic heterocycles. The predicted octanol–water partition coefficient (Wildman–Crippen LogP) is 3.15. The number of hydrogen-bond donors (Lipinski definition) is 1. The second-order valence-corrected chi connectivity index (χ2v) is 7.33. The Balaban J connectivity index is 1.32. The van der Waals surface area contributed by atoms with Gasteiger partial charge in [-0.25, -0.2) is 4.39 Å². The van der Waals surface area contributed by atoms with Crippen LogP contribution in [-0.2, 0) is 17.8 Å². The first kappa shape index (κ1) is 17.5. The number of carbonyl (C=O) groups excluding carboxylic acids is 2. The Morgan fingerprint density at radius 2 is 2.00 bits per heavy atom. The van der Waals surface area contributed by atoms with Crippen LogP contribution in [0.2, 0.25) is 0 Å². The van der Waals surface area contributed by atoms with E-state index in [1.807, 2.05) is 24.3 Å². The van der Waals surface area contributed by atoms with Gasteiger partial charge in [0.2, 0.25) is 5.91 Å². The van der Waals surface area contributed by atoms with Crippen molar-refractivity contribution in [2.75, 3.05) is 6.61 Å². The molecule has 0 saturated carbocycles. The monoisotopic (exact) mass is 385 g/mol. The van der Waals surface area contributed by atoms with Crippen molar-refractivity contribution in [2.24, 2.45) is 0 Å². The molecule has 6 nitrogen and oxygen atoms in total. The number of ether oxygens (including phenoxy) is 1. The number of imide groups is 1. The highest BCUT2D eigenvalue weighted by Crippen LogP contribution is 2.24. The van der Waals surface area contributed by atoms with Gasteiger partial charge in [-0.2, -0.15) is 5.10 Å². The highest BCUT2D eigenvalue weighted by atomic mass is 32.2. The molecule has 0 bridgehead atoms. The van der Waals surface area contributed by atoms with E-state index in [2.05, 4.69) is 10.4 Å². The molecule has 4 rings (SSSR count). The lowest BCUT2D eigenvalue weighted by atomic mass is 10.1. The zero-order valence-electron chi connectivity index (χ0n) is 14.2. The molecule has 1 aromatic heterocycles. The number of rotatable bonds is 6. The van der Waals surface area contributed by atoms with Crippen molar-refractivity contribution in [2.45, 2.75) is 18.2 Å². The fourth-order valence-corrected chi connectivity index (χ4v) is 3.81. The Hall–Kier alpha value is -2.87. The van der Waals surface area contributed by atoms with E-state index < -0.39 is 0 Å². The molecule has 1 unspecified atom stereocenters. The Kier molecular flexibility index (Phi) is 4.81. The molecule has 1 N–H and O–H groups in total. The zero-order valence-corrected chi connectivity index (χ0v) is 15.0. The number of amides is 2. The summed E-state index contributed by atoms with van der Waals surface area (Å²) in [4.78, 5) is 22.8. The van der Waals surface area contributed by atoms with Crippen LogP contribution >= 0.6 is 11.8 Å². The van der Waals surface area contributed by atoms with Crippen LogP contribution in [0.3, 0.4) is 0 Å². The maximum absolute atomic E-state index is 13.2. The highest BCUT2D eigenvalue weighted by Gasteiger charge is 2.31. The second kappa shape index (κ2) is 7.40. The first-order valence-electron chi connectivity index (χ1n) is 8.43. The molecule has 1 atom stereocenters. The molecule has 0 aliphatic carbocycles. The summed E-state index contributed by atoms with van der Waals surface area (Å²) in [6.07, 6.45) is 2.13. The Labute approximate surface area is 158 Å². The van der Waals surface area contributed by atoms with Crippen LogP contribution in [0, 0.1) is 5.82 Å². The third-order valence-corrected chi connectivity index (χ3v) is 5.27. The van der Waals surface area contributed by atoms with Gasteiger partial charge in [-0.05, 0) is 42.3 Å². The van der Waals surface area contributed by atoms with E-state index in [0.29, 0.717) is 25.3 Å². The number of nitrogens with zero attached hydrogens (tertiary/aromatic N) is 2. The normalized spacial score (nSPS) is 16.7. The summed E-state index contributed by atoms with van der Waals surface area (Å²) in [6, 6.07) is 12.0. The van der Waals surface area contributed by atoms with Gasteiger partial charge in [-0.15, -0.1) is 0 Å². The number of hydrogen-bond acceptors (Lipinski definition) is 5. The molecular formula is C19H16FN3O3S. The zero-order chi connectivity index (χ0) is 18.8. The summed E-state index contributed by atoms with van der Waals surface area (Å²) >= 11 is 1.02. The lowest BCUT2D eigenvalue weighted by Gasteiger charge is -2.09. The minimum Gasteiger partial charge on any atom is -0.492 e. The molecule has 0 radical (unpaired) electrons. The van der Waals surface area contributed by atoms with E-state index in [9.17, 15) is 14.0 Å². The van der Waals surface area contributed by atoms with Crippen molar-refractivity contribution in [3.8, 4) is 5.75 Å². The molecule has 27 heavy (non-hydrogen) atoms. The summed E-state index contributed by atoms with van der Waals surface area (Å²) < 4.78 is 20.7. The maximum Gasteiger partial charge on any atom is 0.286 e. The van der Waals surface area contributed by atoms with Gasteiger partial charge in [-0.3, -0.25) is 19.6 Å². The average molecular weight is 385 g/mol. The third-order valence-electron chi connectivity index (χ3n) is 4.29. The molecule has 0 spiro atoms. The summed E-state index contributed by atoms with van der Waals surface area (Å²) in [6.45, 7) is 0.959. The van der Waals surface area contributed by atoms with Crippen molar-refractivity contribution in [3.63, 3.8) is 0 Å². The Bertz CT molecular complexity index is 1000. The number of halogens is 1. The number of fused-ring (bicyclic) bond motifs is 1. The SMILES string of the molecule is O=C1NC(=O)C(Cc2ccc(OCCn3ncc4cc(F)ccc43)cc2)S1. The molecule has 2 amide bonds. The molecule has 138 valence electrons. The molecule has 1 aliphatic rings. The Morgan fingerprint density at radius 3 is 2.74 bits per heavy atom. The fraction of sp³-hybridized carbons (Fsp3) is 0.211. The molecular weight excluding hydrogens is 369 g/mol. The number of aromatic nitrogens is 2. The van der Waals surface area contributed by atoms with Crippen molar-refractivity contribution in [1.82, 2.24) is 15.1 Å². The van der Waals surface area contributed by atoms with Crippen molar-refractivity contribution in [1.29, 1.82) is 0 Å². The highest BCUT2D eigenvalue weighted by molar-refractivity contribution is 8.15. The van der Waals surface area contributed by atoms with Crippen LogP contribution in [0.5, 0.6) is 5.75 Å². The van der Waals surface area contributed by atoms with Gasteiger partial charge in [0.1, 0.15) is 18.2 Å². The van der Waals surface area contributed by atoms with Crippen molar-refractivity contribution in [3.05, 3.63) is 60.0 Å². The van der Waals surface area contributed by atoms with Gasteiger partial charge in [-0.1, -0.05) is 23.9 Å². The van der Waals surface area contributed by atoms with E-state index in [1.165, 1.54) is 12.1 Å². The number of carbonyl (C=O) groups is 2. The van der Waals surface area contributed by atoms with Crippen molar-refractivity contribution >= 4 is 33.8 Å². The van der Waals surface area contributed by atoms with Gasteiger partial charge in [0, 0.05) is 5.39 Å². The number of nitrogens with one attached hydrogen (secondary N) is 1. The van der Waals surface area contributed by atoms with E-state index in [4.69, 9.17) is 4.74 Å². The van der Waals surface area contributed by atoms with E-state index >= 15 is 0 Å². The van der Waals surface area contributed by atoms with Gasteiger partial charge in [0.25, 0.3) is 5.24 Å². The molecule has 2 heterocycles. The summed E-state index contributed by atoms with van der Waals surface area (Å²) in [7, 11) is 0. The first-order chi connectivity index (χ1) is 13.1. The molecule has 1 saturated heterocycles. The number of thioether (sulfide) groups is 1. The van der Waals surface area contributed by atoms with Crippen LogP contribution in [0.25, 0.3) is 10.9 Å². The minimum atomic E-state index is -0.373. The summed E-state index contributed by atoms with van der Waals surface area (Å²) in [5.41, 5.74) is 1.82. The van der Waals surface area contributed by atoms with E-state index in [1.54, 1.807) is 16.9 Å². The lowest BCUT2D eigenvalue weighted by Crippen LogP contribution is -2.25. The van der Waals surface area contributed by atoms with Crippen LogP contribution < -0.4 is 10.1 Å². The minimum absolute atomic E-state index is 0.239. The molecule has 3 aromatic rings. The average Bonchev–Trinajstić information content (AvgIpc) is 3.18. The van der Waals surface area contributed by atoms with E-state index in [-0.39, 0.29) is 22.2 Å². The second-order valence-electron chi connectivity index (χ2n) is 6.15. The quantitative estimate of drug-likeness (QED) is 0.706. The third kappa shape index (κ3) is 3.95. The largest absolute Gasteiger partial charge is 0.492 e. The van der Waals surface area contributed by atoms with Crippen LogP contribution in [0.15, 0.2) is 48.7 Å². The number of benzene rings is 2. The predicted molar refractivity (Wildman–Crippen MR) is 100 cm³/mol. The topological polar surface area (TPSA) is 73.2 Å². The van der Waals surface area contributed by atoms with Crippen LogP contribution in [0.4, 0.5) is 9.18 Å². The molecule has 1 fully saturated rings. The summed E-state index contributed by atoms with van der Waals surface area (Å²) in [5.74, 6) is 0.189. The van der Waals surface area contributed by atoms with E-state index in [0.717, 1.165) is 28.2 Å². The fourth-order valence-electron chi connectivity index (χ4n) is 2.95. The lowest BCUT2D eigenvalue weighted by molar-refractivity contribution is -0.118. The maximum atomic E-state index is 13.2. The summed E-state index contributed by atoms with van der Waals surface area (Å²) in [5, 5.41) is 6.63. The van der Waals surface area contributed by atoms with Crippen LogP contribution in [-0.4, -0.2) is 32.8 Å². The van der Waals surface area contributed by atoms with Crippen molar-refractivity contribution < 1.29 is 18.7 Å². The van der Waals surface area contributed by atoms with Gasteiger partial charge in [0.15, 0.2) is 0 Å². The first-order valence-corrected chi connectivity index (χ1v) is 9.31. The van der Waals surface area contributed by atoms with Gasteiger partial charge >= 0.3 is 0 Å². The molecule has 2 aromatic carbocycles. The standard InChI is InChI=1S/C19H16FN3O3S/c20-14-3-6-16-13(10-14)11-21-23(16)7-8-26-15-4-1-12(2-5-15)9-17-18(24)22-19(25)27-17/h1-6,10-11,17H,7-9H2,(H,22,24,25). The Morgan fingerprint density at radius 1 is 1.19 bits per heavy atom.